The van der Waals surface area contributed by atoms with Gasteiger partial charge in [-0.25, -0.2) is 9.18 Å². The van der Waals surface area contributed by atoms with E-state index >= 15 is 0 Å². The number of rotatable bonds is 5. The third kappa shape index (κ3) is 3.20. The quantitative estimate of drug-likeness (QED) is 0.871. The van der Waals surface area contributed by atoms with Crippen molar-refractivity contribution < 1.29 is 28.6 Å². The van der Waals surface area contributed by atoms with Gasteiger partial charge in [-0.15, -0.1) is 0 Å². The van der Waals surface area contributed by atoms with Crippen LogP contribution in [0, 0.1) is 5.82 Å². The van der Waals surface area contributed by atoms with Crippen LogP contribution >= 0.6 is 0 Å². The maximum atomic E-state index is 14.0. The minimum atomic E-state index is -1.31. The Bertz CT molecular complexity index is 536. The summed E-state index contributed by atoms with van der Waals surface area (Å²) in [5, 5.41) is 9.27. The van der Waals surface area contributed by atoms with E-state index < -0.39 is 29.8 Å². The number of halogens is 1. The van der Waals surface area contributed by atoms with E-state index in [0.717, 1.165) is 0 Å². The van der Waals surface area contributed by atoms with Crippen LogP contribution < -0.4 is 0 Å². The van der Waals surface area contributed by atoms with Crippen LogP contribution in [0.1, 0.15) is 11.6 Å². The van der Waals surface area contributed by atoms with Crippen LogP contribution in [0.2, 0.25) is 0 Å². The van der Waals surface area contributed by atoms with Crippen molar-refractivity contribution in [3.8, 4) is 0 Å². The first kappa shape index (κ1) is 15.4. The Morgan fingerprint density at radius 2 is 2.24 bits per heavy atom. The zero-order valence-electron chi connectivity index (χ0n) is 11.5. The molecular weight excluding hydrogens is 281 g/mol. The second-order valence-electron chi connectivity index (χ2n) is 4.62. The summed E-state index contributed by atoms with van der Waals surface area (Å²) in [4.78, 5) is 24.6. The highest BCUT2D eigenvalue weighted by Crippen LogP contribution is 2.31. The van der Waals surface area contributed by atoms with Gasteiger partial charge in [-0.05, 0) is 6.07 Å². The number of morpholine rings is 1. The summed E-state index contributed by atoms with van der Waals surface area (Å²) in [6.45, 7) is 0.0517. The summed E-state index contributed by atoms with van der Waals surface area (Å²) in [6, 6.07) is 4.75. The number of hydrogen-bond donors (Lipinski definition) is 1. The third-order valence-electron chi connectivity index (χ3n) is 3.33. The minimum absolute atomic E-state index is 0.119. The third-order valence-corrected chi connectivity index (χ3v) is 3.33. The fraction of sp³-hybridized carbons (Fsp3) is 0.429. The normalized spacial score (nSPS) is 22.4. The Morgan fingerprint density at radius 3 is 2.86 bits per heavy atom. The molecule has 1 N–H and O–H groups in total. The van der Waals surface area contributed by atoms with Gasteiger partial charge in [0.1, 0.15) is 12.4 Å². The molecule has 1 fully saturated rings. The van der Waals surface area contributed by atoms with Gasteiger partial charge < -0.3 is 19.5 Å². The molecular formula is C14H16FNO5. The number of aliphatic carboxylic acids is 1. The molecule has 7 heteroatoms. The maximum absolute atomic E-state index is 14.0. The fourth-order valence-electron chi connectivity index (χ4n) is 2.36. The molecule has 0 aliphatic carbocycles. The predicted molar refractivity (Wildman–Crippen MR) is 70.1 cm³/mol. The standard InChI is InChI=1S/C14H16FNO5/c1-20-7-6-16-11(17)8-21-13(14(18)19)12(16)9-4-2-3-5-10(9)15/h2-5,12-13H,6-8H2,1H3,(H,18,19). The number of carbonyl (C=O) groups excluding carboxylic acids is 1. The van der Waals surface area contributed by atoms with Crippen LogP contribution in [-0.4, -0.2) is 54.9 Å². The van der Waals surface area contributed by atoms with Gasteiger partial charge in [0.2, 0.25) is 5.91 Å². The van der Waals surface area contributed by atoms with Crippen molar-refractivity contribution >= 4 is 11.9 Å². The molecule has 0 aromatic heterocycles. The first-order valence-electron chi connectivity index (χ1n) is 6.43. The number of nitrogens with zero attached hydrogens (tertiary/aromatic N) is 1. The topological polar surface area (TPSA) is 76.1 Å². The van der Waals surface area contributed by atoms with Crippen LogP contribution in [0.3, 0.4) is 0 Å². The zero-order valence-corrected chi connectivity index (χ0v) is 11.5. The molecule has 21 heavy (non-hydrogen) atoms. The summed E-state index contributed by atoms with van der Waals surface area (Å²) in [5.74, 6) is -2.20. The second-order valence-corrected chi connectivity index (χ2v) is 4.62. The molecule has 2 unspecified atom stereocenters. The van der Waals surface area contributed by atoms with E-state index in [1.807, 2.05) is 0 Å². The molecule has 6 nitrogen and oxygen atoms in total. The van der Waals surface area contributed by atoms with E-state index in [0.29, 0.717) is 0 Å². The highest BCUT2D eigenvalue weighted by atomic mass is 19.1. The van der Waals surface area contributed by atoms with Gasteiger partial charge >= 0.3 is 5.97 Å². The molecule has 1 aliphatic heterocycles. The first-order valence-corrected chi connectivity index (χ1v) is 6.43. The van der Waals surface area contributed by atoms with Crippen molar-refractivity contribution in [1.29, 1.82) is 0 Å². The molecule has 114 valence electrons. The molecule has 1 aliphatic rings. The van der Waals surface area contributed by atoms with Gasteiger partial charge in [0.25, 0.3) is 0 Å². The molecule has 2 rings (SSSR count). The predicted octanol–water partition coefficient (Wildman–Crippen LogP) is 0.825. The van der Waals surface area contributed by atoms with Crippen molar-refractivity contribution in [2.75, 3.05) is 26.9 Å². The van der Waals surface area contributed by atoms with Crippen LogP contribution in [0.5, 0.6) is 0 Å². The average molecular weight is 297 g/mol. The van der Waals surface area contributed by atoms with E-state index in [-0.39, 0.29) is 25.3 Å². The fourth-order valence-corrected chi connectivity index (χ4v) is 2.36. The summed E-state index contributed by atoms with van der Waals surface area (Å²) in [6.07, 6.45) is -1.31. The number of carboxylic acid groups (broad SMARTS) is 1. The largest absolute Gasteiger partial charge is 0.479 e. The zero-order chi connectivity index (χ0) is 15.4. The van der Waals surface area contributed by atoms with Gasteiger partial charge in [-0.2, -0.15) is 0 Å². The summed E-state index contributed by atoms with van der Waals surface area (Å²) in [7, 11) is 1.47. The molecule has 1 aromatic carbocycles. The molecule has 0 saturated carbocycles. The molecule has 1 amide bonds. The second kappa shape index (κ2) is 6.64. The highest BCUT2D eigenvalue weighted by Gasteiger charge is 2.42. The van der Waals surface area contributed by atoms with Gasteiger partial charge in [0.05, 0.1) is 12.6 Å². The molecule has 0 bridgehead atoms. The number of hydrogen-bond acceptors (Lipinski definition) is 4. The van der Waals surface area contributed by atoms with Crippen molar-refractivity contribution in [3.63, 3.8) is 0 Å². The molecule has 0 spiro atoms. The van der Waals surface area contributed by atoms with E-state index in [1.165, 1.54) is 30.2 Å². The number of carbonyl (C=O) groups is 2. The van der Waals surface area contributed by atoms with Crippen molar-refractivity contribution in [1.82, 2.24) is 4.90 Å². The Hall–Kier alpha value is -1.99. The van der Waals surface area contributed by atoms with Crippen molar-refractivity contribution in [2.45, 2.75) is 12.1 Å². The maximum Gasteiger partial charge on any atom is 0.335 e. The number of ether oxygens (including phenoxy) is 2. The van der Waals surface area contributed by atoms with Gasteiger partial charge in [0.15, 0.2) is 6.10 Å². The Labute approximate surface area is 121 Å². The van der Waals surface area contributed by atoms with E-state index in [9.17, 15) is 19.1 Å². The Balaban J connectivity index is 2.41. The lowest BCUT2D eigenvalue weighted by atomic mass is 9.97. The van der Waals surface area contributed by atoms with Crippen LogP contribution in [0.25, 0.3) is 0 Å². The van der Waals surface area contributed by atoms with Crippen molar-refractivity contribution in [3.05, 3.63) is 35.6 Å². The number of methoxy groups -OCH3 is 1. The smallest absolute Gasteiger partial charge is 0.335 e. The Kier molecular flexibility index (Phi) is 4.87. The van der Waals surface area contributed by atoms with E-state index in [4.69, 9.17) is 9.47 Å². The summed E-state index contributed by atoms with van der Waals surface area (Å²) in [5.41, 5.74) is 0.119. The van der Waals surface area contributed by atoms with Crippen LogP contribution in [0.15, 0.2) is 24.3 Å². The van der Waals surface area contributed by atoms with Gasteiger partial charge in [-0.3, -0.25) is 4.79 Å². The average Bonchev–Trinajstić information content (AvgIpc) is 2.46. The molecule has 0 radical (unpaired) electrons. The molecule has 1 saturated heterocycles. The summed E-state index contributed by atoms with van der Waals surface area (Å²) < 4.78 is 24.0. The lowest BCUT2D eigenvalue weighted by Crippen LogP contribution is -2.52. The van der Waals surface area contributed by atoms with Crippen LogP contribution in [0.4, 0.5) is 4.39 Å². The van der Waals surface area contributed by atoms with Crippen molar-refractivity contribution in [2.24, 2.45) is 0 Å². The SMILES string of the molecule is COCCN1C(=O)COC(C(=O)O)C1c1ccccc1F. The first-order chi connectivity index (χ1) is 10.1. The monoisotopic (exact) mass is 297 g/mol. The van der Waals surface area contributed by atoms with Gasteiger partial charge in [-0.1, -0.05) is 18.2 Å². The summed E-state index contributed by atoms with van der Waals surface area (Å²) >= 11 is 0. The molecule has 1 heterocycles. The highest BCUT2D eigenvalue weighted by molar-refractivity contribution is 5.83. The molecule has 1 aromatic rings. The van der Waals surface area contributed by atoms with E-state index in [1.54, 1.807) is 6.07 Å². The lowest BCUT2D eigenvalue weighted by molar-refractivity contribution is -0.174. The Morgan fingerprint density at radius 1 is 1.52 bits per heavy atom. The number of carboxylic acids is 1. The minimum Gasteiger partial charge on any atom is -0.479 e. The van der Waals surface area contributed by atoms with Crippen LogP contribution in [-0.2, 0) is 19.1 Å². The van der Waals surface area contributed by atoms with E-state index in [2.05, 4.69) is 0 Å². The van der Waals surface area contributed by atoms with Gasteiger partial charge in [0, 0.05) is 19.2 Å². The number of amides is 1. The number of benzene rings is 1. The molecule has 2 atom stereocenters. The lowest BCUT2D eigenvalue weighted by Gasteiger charge is -2.39.